The Kier molecular flexibility index (Phi) is 4.97. The van der Waals surface area contributed by atoms with Crippen LogP contribution in [-0.4, -0.2) is 16.3 Å². The van der Waals surface area contributed by atoms with E-state index in [1.807, 2.05) is 10.9 Å². The highest BCUT2D eigenvalue weighted by Gasteiger charge is 2.02. The summed E-state index contributed by atoms with van der Waals surface area (Å²) in [6.45, 7) is 7.21. The number of rotatable bonds is 6. The van der Waals surface area contributed by atoms with Crippen LogP contribution >= 0.6 is 27.3 Å². The second-order valence-electron chi connectivity index (χ2n) is 4.78. The van der Waals surface area contributed by atoms with Crippen LogP contribution in [0.1, 0.15) is 24.3 Å². The molecule has 0 saturated carbocycles. The van der Waals surface area contributed by atoms with Crippen LogP contribution in [-0.2, 0) is 13.1 Å². The summed E-state index contributed by atoms with van der Waals surface area (Å²) in [4.78, 5) is 1.31. The Hall–Kier alpha value is -0.650. The zero-order chi connectivity index (χ0) is 13.0. The third-order valence-corrected chi connectivity index (χ3v) is 4.12. The van der Waals surface area contributed by atoms with Gasteiger partial charge in [-0.2, -0.15) is 5.10 Å². The van der Waals surface area contributed by atoms with Crippen LogP contribution in [0.25, 0.3) is 0 Å². The van der Waals surface area contributed by atoms with Gasteiger partial charge in [0, 0.05) is 23.2 Å². The van der Waals surface area contributed by atoms with Crippen LogP contribution in [0.5, 0.6) is 0 Å². The lowest BCUT2D eigenvalue weighted by Gasteiger charge is -2.05. The van der Waals surface area contributed by atoms with Crippen LogP contribution in [0.4, 0.5) is 0 Å². The Balaban J connectivity index is 1.86. The first-order valence-electron chi connectivity index (χ1n) is 6.10. The van der Waals surface area contributed by atoms with Gasteiger partial charge in [0.25, 0.3) is 0 Å². The Labute approximate surface area is 120 Å². The third-order valence-electron chi connectivity index (χ3n) is 2.52. The van der Waals surface area contributed by atoms with Gasteiger partial charge in [-0.25, -0.2) is 0 Å². The Morgan fingerprint density at radius 1 is 1.44 bits per heavy atom. The molecule has 0 bridgehead atoms. The number of nitrogens with zero attached hydrogens (tertiary/aromatic N) is 2. The van der Waals surface area contributed by atoms with Crippen LogP contribution < -0.4 is 5.32 Å². The molecular formula is C13H18BrN3S. The smallest absolute Gasteiger partial charge is 0.0752 e. The molecule has 5 heteroatoms. The molecule has 0 unspecified atom stereocenters. The molecule has 0 radical (unpaired) electrons. The molecule has 0 fully saturated rings. The van der Waals surface area contributed by atoms with Crippen LogP contribution in [0, 0.1) is 5.92 Å². The highest BCUT2D eigenvalue weighted by atomic mass is 79.9. The van der Waals surface area contributed by atoms with E-state index in [1.165, 1.54) is 14.2 Å². The van der Waals surface area contributed by atoms with Crippen LogP contribution in [0.3, 0.4) is 0 Å². The highest BCUT2D eigenvalue weighted by molar-refractivity contribution is 9.11. The fourth-order valence-corrected chi connectivity index (χ4v) is 3.16. The molecule has 0 saturated heterocycles. The van der Waals surface area contributed by atoms with Crippen molar-refractivity contribution in [2.45, 2.75) is 26.9 Å². The number of thiophene rings is 1. The summed E-state index contributed by atoms with van der Waals surface area (Å²) in [6.07, 6.45) is 4.05. The predicted octanol–water partition coefficient (Wildman–Crippen LogP) is 3.50. The molecule has 2 aromatic rings. The number of hydrogen-bond acceptors (Lipinski definition) is 3. The Morgan fingerprint density at radius 3 is 2.94 bits per heavy atom. The minimum Gasteiger partial charge on any atom is -0.312 e. The zero-order valence-corrected chi connectivity index (χ0v) is 13.1. The lowest BCUT2D eigenvalue weighted by molar-refractivity contribution is 0.552. The quantitative estimate of drug-likeness (QED) is 0.879. The monoisotopic (exact) mass is 327 g/mol. The summed E-state index contributed by atoms with van der Waals surface area (Å²) in [6, 6.07) is 4.21. The molecule has 0 aliphatic carbocycles. The second kappa shape index (κ2) is 6.50. The number of nitrogens with one attached hydrogen (secondary N) is 1. The minimum absolute atomic E-state index is 0.684. The van der Waals surface area contributed by atoms with E-state index < -0.39 is 0 Å². The van der Waals surface area contributed by atoms with E-state index in [0.717, 1.165) is 19.6 Å². The van der Waals surface area contributed by atoms with Gasteiger partial charge in [0.05, 0.1) is 16.5 Å². The second-order valence-corrected chi connectivity index (χ2v) is 7.32. The summed E-state index contributed by atoms with van der Waals surface area (Å²) in [5.74, 6) is 0.684. The zero-order valence-electron chi connectivity index (χ0n) is 10.7. The maximum atomic E-state index is 4.39. The van der Waals surface area contributed by atoms with Crippen molar-refractivity contribution in [2.75, 3.05) is 6.54 Å². The van der Waals surface area contributed by atoms with Gasteiger partial charge in [-0.15, -0.1) is 11.3 Å². The Morgan fingerprint density at radius 2 is 2.28 bits per heavy atom. The van der Waals surface area contributed by atoms with Crippen molar-refractivity contribution in [2.24, 2.45) is 5.92 Å². The van der Waals surface area contributed by atoms with Gasteiger partial charge in [-0.05, 0) is 40.5 Å². The van der Waals surface area contributed by atoms with Gasteiger partial charge in [-0.3, -0.25) is 4.68 Å². The standard InChI is InChI=1S/C13H18BrN3S/c1-10(2)5-15-6-11-7-16-17(8-11)9-12-3-4-13(14)18-12/h3-4,7-8,10,15H,5-6,9H2,1-2H3. The number of halogens is 1. The predicted molar refractivity (Wildman–Crippen MR) is 79.9 cm³/mol. The Bertz CT molecular complexity index is 490. The van der Waals surface area contributed by atoms with Crippen molar-refractivity contribution in [3.8, 4) is 0 Å². The molecule has 1 N–H and O–H groups in total. The van der Waals surface area contributed by atoms with E-state index in [1.54, 1.807) is 11.3 Å². The largest absolute Gasteiger partial charge is 0.312 e. The molecule has 0 aliphatic heterocycles. The van der Waals surface area contributed by atoms with Crippen molar-refractivity contribution in [3.63, 3.8) is 0 Å². The number of aromatic nitrogens is 2. The summed E-state index contributed by atoms with van der Waals surface area (Å²) >= 11 is 5.23. The van der Waals surface area contributed by atoms with Crippen molar-refractivity contribution in [1.82, 2.24) is 15.1 Å². The van der Waals surface area contributed by atoms with Crippen molar-refractivity contribution in [1.29, 1.82) is 0 Å². The molecule has 0 amide bonds. The molecule has 2 aromatic heterocycles. The SMILES string of the molecule is CC(C)CNCc1cnn(Cc2ccc(Br)s2)c1. The van der Waals surface area contributed by atoms with E-state index in [9.17, 15) is 0 Å². The molecular weight excluding hydrogens is 310 g/mol. The maximum absolute atomic E-state index is 4.39. The topological polar surface area (TPSA) is 29.9 Å². The van der Waals surface area contributed by atoms with Crippen LogP contribution in [0.15, 0.2) is 28.3 Å². The molecule has 0 aromatic carbocycles. The first-order valence-corrected chi connectivity index (χ1v) is 7.70. The van der Waals surface area contributed by atoms with Crippen molar-refractivity contribution in [3.05, 3.63) is 38.8 Å². The normalized spacial score (nSPS) is 11.3. The van der Waals surface area contributed by atoms with E-state index >= 15 is 0 Å². The summed E-state index contributed by atoms with van der Waals surface area (Å²) < 4.78 is 3.16. The van der Waals surface area contributed by atoms with Gasteiger partial charge in [0.15, 0.2) is 0 Å². The molecule has 18 heavy (non-hydrogen) atoms. The fourth-order valence-electron chi connectivity index (χ4n) is 1.69. The lowest BCUT2D eigenvalue weighted by Crippen LogP contribution is -2.18. The van der Waals surface area contributed by atoms with Crippen molar-refractivity contribution < 1.29 is 0 Å². The summed E-state index contributed by atoms with van der Waals surface area (Å²) in [5.41, 5.74) is 1.24. The molecule has 0 spiro atoms. The van der Waals surface area contributed by atoms with Gasteiger partial charge < -0.3 is 5.32 Å². The van der Waals surface area contributed by atoms with E-state index in [0.29, 0.717) is 5.92 Å². The third kappa shape index (κ3) is 4.23. The lowest BCUT2D eigenvalue weighted by atomic mass is 10.2. The maximum Gasteiger partial charge on any atom is 0.0752 e. The van der Waals surface area contributed by atoms with E-state index in [4.69, 9.17) is 0 Å². The molecule has 98 valence electrons. The fraction of sp³-hybridized carbons (Fsp3) is 0.462. The summed E-state index contributed by atoms with van der Waals surface area (Å²) in [7, 11) is 0. The molecule has 0 atom stereocenters. The average Bonchev–Trinajstić information content (AvgIpc) is 2.89. The van der Waals surface area contributed by atoms with Gasteiger partial charge in [-0.1, -0.05) is 13.8 Å². The minimum atomic E-state index is 0.684. The van der Waals surface area contributed by atoms with Gasteiger partial charge >= 0.3 is 0 Å². The van der Waals surface area contributed by atoms with Gasteiger partial charge in [0.2, 0.25) is 0 Å². The molecule has 0 aliphatic rings. The van der Waals surface area contributed by atoms with Gasteiger partial charge in [0.1, 0.15) is 0 Å². The van der Waals surface area contributed by atoms with Crippen molar-refractivity contribution >= 4 is 27.3 Å². The highest BCUT2D eigenvalue weighted by Crippen LogP contribution is 2.22. The van der Waals surface area contributed by atoms with E-state index in [2.05, 4.69) is 58.5 Å². The summed E-state index contributed by atoms with van der Waals surface area (Å²) in [5, 5.41) is 7.81. The molecule has 3 nitrogen and oxygen atoms in total. The molecule has 2 rings (SSSR count). The first kappa shape index (κ1) is 13.8. The van der Waals surface area contributed by atoms with Crippen LogP contribution in [0.2, 0.25) is 0 Å². The number of hydrogen-bond donors (Lipinski definition) is 1. The van der Waals surface area contributed by atoms with E-state index in [-0.39, 0.29) is 0 Å². The average molecular weight is 328 g/mol. The first-order chi connectivity index (χ1) is 8.63. The molecule has 2 heterocycles.